The number of carboxylic acids is 1. The van der Waals surface area contributed by atoms with Gasteiger partial charge in [-0.05, 0) is 25.7 Å². The fraction of sp³-hybridized carbons (Fsp3) is 0.786. The Kier molecular flexibility index (Phi) is 4.69. The molecule has 118 valence electrons. The molecule has 2 rings (SSSR count). The van der Waals surface area contributed by atoms with E-state index in [1.807, 2.05) is 0 Å². The molecule has 1 saturated heterocycles. The van der Waals surface area contributed by atoms with Crippen molar-refractivity contribution in [1.29, 1.82) is 0 Å². The molecular formula is C14H23N3O4. The molecular weight excluding hydrogens is 274 g/mol. The third kappa shape index (κ3) is 3.46. The fourth-order valence-corrected chi connectivity index (χ4v) is 3.01. The third-order valence-electron chi connectivity index (χ3n) is 4.39. The minimum absolute atomic E-state index is 0.0124. The maximum Gasteiger partial charge on any atom is 0.329 e. The van der Waals surface area contributed by atoms with Crippen molar-refractivity contribution in [2.75, 3.05) is 26.7 Å². The Morgan fingerprint density at radius 2 is 1.71 bits per heavy atom. The van der Waals surface area contributed by atoms with Crippen LogP contribution in [0.3, 0.4) is 0 Å². The van der Waals surface area contributed by atoms with Gasteiger partial charge in [-0.3, -0.25) is 4.79 Å². The van der Waals surface area contributed by atoms with Crippen molar-refractivity contribution in [1.82, 2.24) is 15.1 Å². The average molecular weight is 297 g/mol. The Morgan fingerprint density at radius 1 is 1.14 bits per heavy atom. The number of nitrogens with zero attached hydrogens (tertiary/aromatic N) is 2. The van der Waals surface area contributed by atoms with Crippen molar-refractivity contribution in [3.05, 3.63) is 0 Å². The number of amides is 3. The zero-order valence-electron chi connectivity index (χ0n) is 12.4. The first-order chi connectivity index (χ1) is 9.94. The molecule has 1 aliphatic carbocycles. The SMILES string of the molecule is CN(CC(=O)N1CCCC1)C(=O)NC1(C(=O)O)CCCC1. The van der Waals surface area contributed by atoms with Crippen molar-refractivity contribution >= 4 is 17.9 Å². The molecule has 7 nitrogen and oxygen atoms in total. The zero-order chi connectivity index (χ0) is 15.5. The van der Waals surface area contributed by atoms with Crippen LogP contribution in [0.4, 0.5) is 4.79 Å². The van der Waals surface area contributed by atoms with E-state index in [1.165, 1.54) is 11.9 Å². The molecule has 0 atom stereocenters. The second kappa shape index (κ2) is 6.32. The molecule has 2 fully saturated rings. The summed E-state index contributed by atoms with van der Waals surface area (Å²) in [6.07, 6.45) is 4.49. The number of nitrogens with one attached hydrogen (secondary N) is 1. The summed E-state index contributed by atoms with van der Waals surface area (Å²) < 4.78 is 0. The van der Waals surface area contributed by atoms with Gasteiger partial charge in [0, 0.05) is 20.1 Å². The van der Waals surface area contributed by atoms with Crippen molar-refractivity contribution in [2.45, 2.75) is 44.1 Å². The predicted octanol–water partition coefficient (Wildman–Crippen LogP) is 0.648. The van der Waals surface area contributed by atoms with Gasteiger partial charge in [-0.1, -0.05) is 12.8 Å². The number of hydrogen-bond donors (Lipinski definition) is 2. The molecule has 0 aromatic carbocycles. The van der Waals surface area contributed by atoms with Crippen LogP contribution in [0.15, 0.2) is 0 Å². The normalized spacial score (nSPS) is 20.3. The molecule has 0 aromatic heterocycles. The van der Waals surface area contributed by atoms with E-state index >= 15 is 0 Å². The Hall–Kier alpha value is -1.79. The summed E-state index contributed by atoms with van der Waals surface area (Å²) in [5, 5.41) is 11.9. The van der Waals surface area contributed by atoms with Crippen molar-refractivity contribution < 1.29 is 19.5 Å². The van der Waals surface area contributed by atoms with E-state index in [0.29, 0.717) is 12.8 Å². The van der Waals surface area contributed by atoms with Gasteiger partial charge < -0.3 is 20.2 Å². The lowest BCUT2D eigenvalue weighted by molar-refractivity contribution is -0.144. The van der Waals surface area contributed by atoms with Gasteiger partial charge in [-0.25, -0.2) is 9.59 Å². The van der Waals surface area contributed by atoms with Crippen molar-refractivity contribution in [3.8, 4) is 0 Å². The highest BCUT2D eigenvalue weighted by atomic mass is 16.4. The number of urea groups is 1. The molecule has 1 heterocycles. The molecule has 0 spiro atoms. The van der Waals surface area contributed by atoms with Gasteiger partial charge in [-0.15, -0.1) is 0 Å². The van der Waals surface area contributed by atoms with Gasteiger partial charge in [0.1, 0.15) is 12.1 Å². The molecule has 2 aliphatic rings. The van der Waals surface area contributed by atoms with Crippen LogP contribution in [0, 0.1) is 0 Å². The molecule has 0 unspecified atom stereocenters. The lowest BCUT2D eigenvalue weighted by Gasteiger charge is -2.29. The molecule has 2 N–H and O–H groups in total. The van der Waals surface area contributed by atoms with Crippen molar-refractivity contribution in [2.24, 2.45) is 0 Å². The van der Waals surface area contributed by atoms with Crippen LogP contribution in [-0.2, 0) is 9.59 Å². The number of rotatable bonds is 4. The molecule has 0 aromatic rings. The minimum Gasteiger partial charge on any atom is -0.480 e. The number of likely N-dealkylation sites (N-methyl/N-ethyl adjacent to an activating group) is 1. The first kappa shape index (κ1) is 15.6. The Morgan fingerprint density at radius 3 is 2.24 bits per heavy atom. The standard InChI is InChI=1S/C14H23N3O4/c1-16(10-11(18)17-8-4-5-9-17)13(21)15-14(12(19)20)6-2-3-7-14/h2-10H2,1H3,(H,15,21)(H,19,20). The van der Waals surface area contributed by atoms with Gasteiger partial charge in [0.15, 0.2) is 0 Å². The zero-order valence-corrected chi connectivity index (χ0v) is 12.4. The van der Waals surface area contributed by atoms with E-state index in [-0.39, 0.29) is 12.5 Å². The van der Waals surface area contributed by atoms with E-state index in [0.717, 1.165) is 38.8 Å². The fourth-order valence-electron chi connectivity index (χ4n) is 3.01. The molecule has 7 heteroatoms. The second-order valence-corrected chi connectivity index (χ2v) is 5.97. The van der Waals surface area contributed by atoms with Crippen LogP contribution < -0.4 is 5.32 Å². The minimum atomic E-state index is -1.16. The summed E-state index contributed by atoms with van der Waals surface area (Å²) in [6.45, 7) is 1.47. The topological polar surface area (TPSA) is 90.0 Å². The van der Waals surface area contributed by atoms with Gasteiger partial charge in [0.2, 0.25) is 5.91 Å². The van der Waals surface area contributed by atoms with Gasteiger partial charge in [-0.2, -0.15) is 0 Å². The summed E-state index contributed by atoms with van der Waals surface area (Å²) in [4.78, 5) is 38.6. The molecule has 3 amide bonds. The number of likely N-dealkylation sites (tertiary alicyclic amines) is 1. The Balaban J connectivity index is 1.89. The summed E-state index contributed by atoms with van der Waals surface area (Å²) in [6, 6.07) is -0.494. The number of carbonyl (C=O) groups excluding carboxylic acids is 2. The third-order valence-corrected chi connectivity index (χ3v) is 4.39. The van der Waals surface area contributed by atoms with Gasteiger partial charge >= 0.3 is 12.0 Å². The van der Waals surface area contributed by atoms with Gasteiger partial charge in [0.05, 0.1) is 0 Å². The molecule has 0 radical (unpaired) electrons. The number of carboxylic acid groups (broad SMARTS) is 1. The lowest BCUT2D eigenvalue weighted by Crippen LogP contribution is -2.56. The highest BCUT2D eigenvalue weighted by Gasteiger charge is 2.43. The largest absolute Gasteiger partial charge is 0.480 e. The summed E-state index contributed by atoms with van der Waals surface area (Å²) in [5.74, 6) is -1.08. The maximum absolute atomic E-state index is 12.1. The average Bonchev–Trinajstić information content (AvgIpc) is 3.10. The van der Waals surface area contributed by atoms with Crippen LogP contribution in [0.2, 0.25) is 0 Å². The van der Waals surface area contributed by atoms with Crippen LogP contribution in [0.25, 0.3) is 0 Å². The summed E-state index contributed by atoms with van der Waals surface area (Å²) >= 11 is 0. The smallest absolute Gasteiger partial charge is 0.329 e. The molecule has 21 heavy (non-hydrogen) atoms. The summed E-state index contributed by atoms with van der Waals surface area (Å²) in [7, 11) is 1.52. The van der Waals surface area contributed by atoms with Crippen LogP contribution in [0.1, 0.15) is 38.5 Å². The Bertz CT molecular complexity index is 426. The van der Waals surface area contributed by atoms with Gasteiger partial charge in [0.25, 0.3) is 0 Å². The van der Waals surface area contributed by atoms with E-state index in [9.17, 15) is 19.5 Å². The lowest BCUT2D eigenvalue weighted by atomic mass is 9.98. The first-order valence-electron chi connectivity index (χ1n) is 7.49. The highest BCUT2D eigenvalue weighted by Crippen LogP contribution is 2.30. The second-order valence-electron chi connectivity index (χ2n) is 5.97. The van der Waals surface area contributed by atoms with E-state index < -0.39 is 17.5 Å². The molecule has 0 bridgehead atoms. The van der Waals surface area contributed by atoms with E-state index in [1.54, 1.807) is 4.90 Å². The van der Waals surface area contributed by atoms with E-state index in [4.69, 9.17) is 0 Å². The summed E-state index contributed by atoms with van der Waals surface area (Å²) in [5.41, 5.74) is -1.16. The monoisotopic (exact) mass is 297 g/mol. The number of hydrogen-bond acceptors (Lipinski definition) is 3. The highest BCUT2D eigenvalue weighted by molar-refractivity contribution is 5.88. The Labute approximate surface area is 124 Å². The molecule has 1 saturated carbocycles. The molecule has 1 aliphatic heterocycles. The number of aliphatic carboxylic acids is 1. The maximum atomic E-state index is 12.1. The quantitative estimate of drug-likeness (QED) is 0.797. The predicted molar refractivity (Wildman–Crippen MR) is 75.8 cm³/mol. The van der Waals surface area contributed by atoms with Crippen LogP contribution in [0.5, 0.6) is 0 Å². The van der Waals surface area contributed by atoms with E-state index in [2.05, 4.69) is 5.32 Å². The number of carbonyl (C=O) groups is 3. The van der Waals surface area contributed by atoms with Crippen LogP contribution >= 0.6 is 0 Å². The first-order valence-corrected chi connectivity index (χ1v) is 7.49. The van der Waals surface area contributed by atoms with Crippen LogP contribution in [-0.4, -0.2) is 65.0 Å². The van der Waals surface area contributed by atoms with Crippen molar-refractivity contribution in [3.63, 3.8) is 0 Å².